The van der Waals surface area contributed by atoms with Crippen LogP contribution in [0.15, 0.2) is 33.2 Å². The Balaban J connectivity index is 2.43. The fourth-order valence-corrected chi connectivity index (χ4v) is 4.38. The van der Waals surface area contributed by atoms with Gasteiger partial charge in [-0.05, 0) is 29.8 Å². The lowest BCUT2D eigenvalue weighted by molar-refractivity contribution is 0.875. The normalized spacial score (nSPS) is 12.8. The van der Waals surface area contributed by atoms with E-state index in [2.05, 4.69) is 31.9 Å². The topological polar surface area (TPSA) is 26.0 Å². The van der Waals surface area contributed by atoms with Gasteiger partial charge in [0.05, 0.1) is 14.7 Å². The number of rotatable bonds is 2. The highest BCUT2D eigenvalue weighted by molar-refractivity contribution is 9.11. The van der Waals surface area contributed by atoms with Gasteiger partial charge >= 0.3 is 0 Å². The molecule has 90 valence electrons. The Morgan fingerprint density at radius 2 is 1.65 bits per heavy atom. The summed E-state index contributed by atoms with van der Waals surface area (Å²) in [5, 5.41) is 0. The predicted octanol–water partition coefficient (Wildman–Crippen LogP) is 5.63. The molecule has 0 spiro atoms. The van der Waals surface area contributed by atoms with Crippen LogP contribution in [0, 0.1) is 0 Å². The molecule has 1 aromatic heterocycles. The van der Waals surface area contributed by atoms with Crippen LogP contribution in [0.1, 0.15) is 17.2 Å². The molecule has 0 aliphatic carbocycles. The van der Waals surface area contributed by atoms with Crippen LogP contribution < -0.4 is 5.73 Å². The maximum atomic E-state index is 6.19. The highest BCUT2D eigenvalue weighted by atomic mass is 79.9. The first-order chi connectivity index (χ1) is 7.97. The minimum Gasteiger partial charge on any atom is -0.320 e. The molecule has 2 aromatic rings. The quantitative estimate of drug-likeness (QED) is 0.676. The molecule has 0 saturated carbocycles. The summed E-state index contributed by atoms with van der Waals surface area (Å²) in [6, 6.07) is 7.43. The highest BCUT2D eigenvalue weighted by Gasteiger charge is 2.16. The second-order valence-corrected chi connectivity index (χ2v) is 7.58. The summed E-state index contributed by atoms with van der Waals surface area (Å²) in [5.74, 6) is 0. The van der Waals surface area contributed by atoms with E-state index < -0.39 is 0 Å². The van der Waals surface area contributed by atoms with E-state index in [1.165, 1.54) is 11.3 Å². The van der Waals surface area contributed by atoms with Crippen LogP contribution in [0.5, 0.6) is 0 Å². The second-order valence-electron chi connectivity index (χ2n) is 3.46. The lowest BCUT2D eigenvalue weighted by atomic mass is 10.0. The van der Waals surface area contributed by atoms with Crippen molar-refractivity contribution < 1.29 is 0 Å². The van der Waals surface area contributed by atoms with Crippen LogP contribution in [0.2, 0.25) is 8.67 Å². The average Bonchev–Trinajstić information content (AvgIpc) is 2.55. The lowest BCUT2D eigenvalue weighted by Gasteiger charge is -2.12. The molecule has 0 fully saturated rings. The third-order valence-electron chi connectivity index (χ3n) is 2.26. The number of thiophene rings is 1. The van der Waals surface area contributed by atoms with E-state index in [1.54, 1.807) is 0 Å². The van der Waals surface area contributed by atoms with Gasteiger partial charge in [0.1, 0.15) is 0 Å². The SMILES string of the molecule is NC(c1cc(Br)cc(Br)c1)c1cc(Cl)sc1Cl. The third-order valence-corrected chi connectivity index (χ3v) is 4.70. The van der Waals surface area contributed by atoms with Gasteiger partial charge in [0.2, 0.25) is 0 Å². The van der Waals surface area contributed by atoms with Gasteiger partial charge in [-0.1, -0.05) is 55.1 Å². The molecule has 0 amide bonds. The Kier molecular flexibility index (Phi) is 4.55. The molecule has 0 aliphatic heterocycles. The van der Waals surface area contributed by atoms with Crippen molar-refractivity contribution in [1.29, 1.82) is 0 Å². The molecule has 17 heavy (non-hydrogen) atoms. The van der Waals surface area contributed by atoms with E-state index in [0.29, 0.717) is 8.67 Å². The van der Waals surface area contributed by atoms with Crippen molar-refractivity contribution in [3.05, 3.63) is 53.0 Å². The van der Waals surface area contributed by atoms with Crippen molar-refractivity contribution >= 4 is 66.4 Å². The minimum atomic E-state index is -0.278. The Hall–Kier alpha value is 0.420. The standard InChI is InChI=1S/C11H7Br2Cl2NS/c12-6-1-5(2-7(13)3-6)10(16)8-4-9(14)17-11(8)15/h1-4,10H,16H2. The molecule has 6 heteroatoms. The zero-order valence-electron chi connectivity index (χ0n) is 8.38. The van der Waals surface area contributed by atoms with Crippen molar-refractivity contribution in [2.45, 2.75) is 6.04 Å². The van der Waals surface area contributed by atoms with Gasteiger partial charge in [0, 0.05) is 14.5 Å². The predicted molar refractivity (Wildman–Crippen MR) is 82.2 cm³/mol. The van der Waals surface area contributed by atoms with Crippen LogP contribution in [-0.4, -0.2) is 0 Å². The van der Waals surface area contributed by atoms with E-state index in [9.17, 15) is 0 Å². The van der Waals surface area contributed by atoms with Crippen molar-refractivity contribution in [2.75, 3.05) is 0 Å². The fraction of sp³-hybridized carbons (Fsp3) is 0.0909. The summed E-state index contributed by atoms with van der Waals surface area (Å²) in [5.41, 5.74) is 8.02. The largest absolute Gasteiger partial charge is 0.320 e. The maximum Gasteiger partial charge on any atom is 0.0995 e. The monoisotopic (exact) mass is 413 g/mol. The molecule has 0 bridgehead atoms. The molecule has 1 aromatic carbocycles. The van der Waals surface area contributed by atoms with Gasteiger partial charge in [-0.25, -0.2) is 0 Å². The Morgan fingerprint density at radius 1 is 1.06 bits per heavy atom. The number of hydrogen-bond acceptors (Lipinski definition) is 2. The summed E-state index contributed by atoms with van der Waals surface area (Å²) in [6.07, 6.45) is 0. The van der Waals surface area contributed by atoms with Crippen molar-refractivity contribution in [2.24, 2.45) is 5.73 Å². The Labute approximate surface area is 130 Å². The summed E-state index contributed by atoms with van der Waals surface area (Å²) >= 11 is 20.2. The average molecular weight is 416 g/mol. The Morgan fingerprint density at radius 3 is 2.12 bits per heavy atom. The highest BCUT2D eigenvalue weighted by Crippen LogP contribution is 2.37. The molecule has 0 aliphatic rings. The van der Waals surface area contributed by atoms with Crippen molar-refractivity contribution in [3.63, 3.8) is 0 Å². The molecule has 1 heterocycles. The van der Waals surface area contributed by atoms with E-state index in [-0.39, 0.29) is 6.04 Å². The van der Waals surface area contributed by atoms with E-state index in [0.717, 1.165) is 20.1 Å². The van der Waals surface area contributed by atoms with Gasteiger partial charge in [-0.15, -0.1) is 11.3 Å². The molecule has 0 saturated heterocycles. The lowest BCUT2D eigenvalue weighted by Crippen LogP contribution is -2.11. The smallest absolute Gasteiger partial charge is 0.0995 e. The third kappa shape index (κ3) is 3.25. The second kappa shape index (κ2) is 5.59. The summed E-state index contributed by atoms with van der Waals surface area (Å²) in [6.45, 7) is 0. The van der Waals surface area contributed by atoms with Crippen LogP contribution in [0.4, 0.5) is 0 Å². The van der Waals surface area contributed by atoms with E-state index in [1.807, 2.05) is 24.3 Å². The number of halogens is 4. The molecule has 2 N–H and O–H groups in total. The van der Waals surface area contributed by atoms with Gasteiger partial charge in [-0.2, -0.15) is 0 Å². The van der Waals surface area contributed by atoms with Crippen LogP contribution >= 0.6 is 66.4 Å². The minimum absolute atomic E-state index is 0.278. The van der Waals surface area contributed by atoms with Crippen LogP contribution in [0.25, 0.3) is 0 Å². The zero-order valence-corrected chi connectivity index (χ0v) is 13.9. The fourth-order valence-electron chi connectivity index (χ4n) is 1.50. The molecule has 2 rings (SSSR count). The summed E-state index contributed by atoms with van der Waals surface area (Å²) in [7, 11) is 0. The van der Waals surface area contributed by atoms with Crippen LogP contribution in [0.3, 0.4) is 0 Å². The maximum absolute atomic E-state index is 6.19. The van der Waals surface area contributed by atoms with Gasteiger partial charge < -0.3 is 5.73 Å². The first-order valence-electron chi connectivity index (χ1n) is 4.63. The molecular weight excluding hydrogens is 409 g/mol. The summed E-state index contributed by atoms with van der Waals surface area (Å²) < 4.78 is 3.22. The number of hydrogen-bond donors (Lipinski definition) is 1. The van der Waals surface area contributed by atoms with E-state index in [4.69, 9.17) is 28.9 Å². The Bertz CT molecular complexity index is 536. The number of nitrogens with two attached hydrogens (primary N) is 1. The first-order valence-corrected chi connectivity index (χ1v) is 7.79. The molecular formula is C11H7Br2Cl2NS. The van der Waals surface area contributed by atoms with Crippen molar-refractivity contribution in [3.8, 4) is 0 Å². The molecule has 1 unspecified atom stereocenters. The van der Waals surface area contributed by atoms with Gasteiger partial charge in [0.15, 0.2) is 0 Å². The number of benzene rings is 1. The van der Waals surface area contributed by atoms with E-state index >= 15 is 0 Å². The molecule has 0 radical (unpaired) electrons. The molecule has 1 atom stereocenters. The van der Waals surface area contributed by atoms with Gasteiger partial charge in [-0.3, -0.25) is 0 Å². The van der Waals surface area contributed by atoms with Crippen LogP contribution in [-0.2, 0) is 0 Å². The van der Waals surface area contributed by atoms with Gasteiger partial charge in [0.25, 0.3) is 0 Å². The first kappa shape index (κ1) is 13.8. The zero-order chi connectivity index (χ0) is 12.6. The molecule has 1 nitrogen and oxygen atoms in total. The summed E-state index contributed by atoms with van der Waals surface area (Å²) in [4.78, 5) is 0. The van der Waals surface area contributed by atoms with Crippen molar-refractivity contribution in [1.82, 2.24) is 0 Å².